The number of aromatic carboxylic acids is 1. The molecule has 114 valence electrons. The molecule has 21 heavy (non-hydrogen) atoms. The van der Waals surface area contributed by atoms with E-state index in [0.29, 0.717) is 0 Å². The number of rotatable bonds is 6. The van der Waals surface area contributed by atoms with Crippen molar-refractivity contribution in [2.45, 2.75) is 0 Å². The summed E-state index contributed by atoms with van der Waals surface area (Å²) < 4.78 is 14.4. The van der Waals surface area contributed by atoms with E-state index in [1.165, 1.54) is 0 Å². The normalized spacial score (nSPS) is 9.86. The first kappa shape index (κ1) is 15.9. The van der Waals surface area contributed by atoms with Crippen molar-refractivity contribution in [3.05, 3.63) is 25.8 Å². The standard InChI is InChI=1S/C10H10N2O9/c1-19-7-5(11(15)16)4(10(13)14)6(12(17)18)8(20-2)9(7)21-3/h1-3H3,(H,13,14). The highest BCUT2D eigenvalue weighted by molar-refractivity contribution is 6.01. The zero-order valence-corrected chi connectivity index (χ0v) is 11.1. The molecule has 0 saturated heterocycles. The first-order valence-corrected chi connectivity index (χ1v) is 5.19. The Labute approximate surface area is 116 Å². The number of ether oxygens (including phenoxy) is 3. The second-order valence-electron chi connectivity index (χ2n) is 3.49. The quantitative estimate of drug-likeness (QED) is 0.603. The third-order valence-corrected chi connectivity index (χ3v) is 2.51. The van der Waals surface area contributed by atoms with Crippen LogP contribution >= 0.6 is 0 Å². The Morgan fingerprint density at radius 1 is 0.905 bits per heavy atom. The molecule has 0 bridgehead atoms. The van der Waals surface area contributed by atoms with Gasteiger partial charge in [-0.3, -0.25) is 20.2 Å². The van der Waals surface area contributed by atoms with Gasteiger partial charge in [0, 0.05) is 0 Å². The van der Waals surface area contributed by atoms with Gasteiger partial charge in [-0.1, -0.05) is 0 Å². The van der Waals surface area contributed by atoms with Crippen molar-refractivity contribution in [2.75, 3.05) is 21.3 Å². The fourth-order valence-electron chi connectivity index (χ4n) is 1.77. The van der Waals surface area contributed by atoms with Crippen LogP contribution in [0.2, 0.25) is 0 Å². The fourth-order valence-corrected chi connectivity index (χ4v) is 1.77. The van der Waals surface area contributed by atoms with Crippen LogP contribution in [0.5, 0.6) is 17.2 Å². The molecule has 1 rings (SSSR count). The summed E-state index contributed by atoms with van der Waals surface area (Å²) in [6, 6.07) is 0. The number of nitro groups is 2. The topological polar surface area (TPSA) is 151 Å². The maximum Gasteiger partial charge on any atom is 0.350 e. The van der Waals surface area contributed by atoms with E-state index in [1.807, 2.05) is 0 Å². The molecule has 0 saturated carbocycles. The third-order valence-electron chi connectivity index (χ3n) is 2.51. The van der Waals surface area contributed by atoms with Crippen LogP contribution in [-0.2, 0) is 0 Å². The highest BCUT2D eigenvalue weighted by Crippen LogP contribution is 2.52. The lowest BCUT2D eigenvalue weighted by Crippen LogP contribution is -2.11. The zero-order valence-electron chi connectivity index (χ0n) is 11.1. The van der Waals surface area contributed by atoms with E-state index in [4.69, 9.17) is 19.3 Å². The number of carbonyl (C=O) groups is 1. The van der Waals surface area contributed by atoms with Crippen molar-refractivity contribution >= 4 is 17.3 Å². The Balaban J connectivity index is 4.12. The molecule has 0 atom stereocenters. The molecule has 1 aromatic carbocycles. The van der Waals surface area contributed by atoms with Crippen molar-refractivity contribution in [1.82, 2.24) is 0 Å². The zero-order chi connectivity index (χ0) is 16.3. The predicted molar refractivity (Wildman–Crippen MR) is 66.4 cm³/mol. The Morgan fingerprint density at radius 2 is 1.24 bits per heavy atom. The average Bonchev–Trinajstić information content (AvgIpc) is 2.42. The SMILES string of the molecule is COc1c(OC)c([N+](=O)[O-])c(C(=O)O)c([N+](=O)[O-])c1OC. The van der Waals surface area contributed by atoms with Gasteiger partial charge in [0.05, 0.1) is 31.2 Å². The number of benzene rings is 1. The van der Waals surface area contributed by atoms with Gasteiger partial charge in [-0.25, -0.2) is 4.79 Å². The summed E-state index contributed by atoms with van der Waals surface area (Å²) in [6.07, 6.45) is 0. The van der Waals surface area contributed by atoms with Gasteiger partial charge in [-0.2, -0.15) is 0 Å². The maximum atomic E-state index is 11.2. The summed E-state index contributed by atoms with van der Waals surface area (Å²) in [6.45, 7) is 0. The van der Waals surface area contributed by atoms with Crippen LogP contribution in [0.15, 0.2) is 0 Å². The average molecular weight is 302 g/mol. The molecule has 0 aliphatic rings. The molecule has 1 aromatic rings. The van der Waals surface area contributed by atoms with Crippen LogP contribution in [0.4, 0.5) is 11.4 Å². The monoisotopic (exact) mass is 302 g/mol. The molecule has 1 N–H and O–H groups in total. The Hall–Kier alpha value is -3.11. The molecule has 0 amide bonds. The number of methoxy groups -OCH3 is 3. The predicted octanol–water partition coefficient (Wildman–Crippen LogP) is 1.23. The molecule has 0 aliphatic heterocycles. The molecule has 0 heterocycles. The Bertz CT molecular complexity index is 582. The van der Waals surface area contributed by atoms with Gasteiger partial charge < -0.3 is 19.3 Å². The van der Waals surface area contributed by atoms with Crippen LogP contribution in [0.1, 0.15) is 10.4 Å². The van der Waals surface area contributed by atoms with Crippen LogP contribution in [-0.4, -0.2) is 42.3 Å². The van der Waals surface area contributed by atoms with Gasteiger partial charge in [0.2, 0.25) is 22.8 Å². The summed E-state index contributed by atoms with van der Waals surface area (Å²) in [7, 11) is 3.14. The smallest absolute Gasteiger partial charge is 0.350 e. The summed E-state index contributed by atoms with van der Waals surface area (Å²) >= 11 is 0. The van der Waals surface area contributed by atoms with Crippen molar-refractivity contribution in [3.63, 3.8) is 0 Å². The number of carboxylic acids is 1. The summed E-state index contributed by atoms with van der Waals surface area (Å²) in [5, 5.41) is 31.3. The van der Waals surface area contributed by atoms with Gasteiger partial charge >= 0.3 is 17.3 Å². The van der Waals surface area contributed by atoms with E-state index in [9.17, 15) is 25.0 Å². The van der Waals surface area contributed by atoms with Crippen LogP contribution in [0, 0.1) is 20.2 Å². The molecular formula is C10H10N2O9. The van der Waals surface area contributed by atoms with Gasteiger partial charge in [-0.15, -0.1) is 0 Å². The Morgan fingerprint density at radius 3 is 1.43 bits per heavy atom. The first-order valence-electron chi connectivity index (χ1n) is 5.19. The molecule has 11 heteroatoms. The second-order valence-corrected chi connectivity index (χ2v) is 3.49. The van der Waals surface area contributed by atoms with Crippen LogP contribution in [0.3, 0.4) is 0 Å². The number of nitro benzene ring substituents is 2. The minimum absolute atomic E-state index is 0.441. The number of carboxylic acid groups (broad SMARTS) is 1. The van der Waals surface area contributed by atoms with E-state index < -0.39 is 50.0 Å². The van der Waals surface area contributed by atoms with E-state index in [2.05, 4.69) is 0 Å². The Kier molecular flexibility index (Phi) is 4.48. The van der Waals surface area contributed by atoms with Crippen molar-refractivity contribution in [1.29, 1.82) is 0 Å². The van der Waals surface area contributed by atoms with Crippen LogP contribution < -0.4 is 14.2 Å². The maximum absolute atomic E-state index is 11.2. The van der Waals surface area contributed by atoms with Crippen LogP contribution in [0.25, 0.3) is 0 Å². The largest absolute Gasteiger partial charge is 0.489 e. The molecule has 11 nitrogen and oxygen atoms in total. The molecule has 0 aromatic heterocycles. The van der Waals surface area contributed by atoms with Gasteiger partial charge in [-0.05, 0) is 0 Å². The van der Waals surface area contributed by atoms with Gasteiger partial charge in [0.25, 0.3) is 0 Å². The lowest BCUT2D eigenvalue weighted by molar-refractivity contribution is -0.395. The van der Waals surface area contributed by atoms with Crippen molar-refractivity contribution in [3.8, 4) is 17.2 Å². The summed E-state index contributed by atoms with van der Waals surface area (Å²) in [4.78, 5) is 31.2. The molecule has 0 radical (unpaired) electrons. The van der Waals surface area contributed by atoms with Gasteiger partial charge in [0.15, 0.2) is 0 Å². The third kappa shape index (κ3) is 2.48. The van der Waals surface area contributed by atoms with E-state index >= 15 is 0 Å². The molecule has 0 aliphatic carbocycles. The fraction of sp³-hybridized carbons (Fsp3) is 0.300. The number of hydrogen-bond acceptors (Lipinski definition) is 8. The molecule has 0 spiro atoms. The number of nitrogens with zero attached hydrogens (tertiary/aromatic N) is 2. The number of hydrogen-bond donors (Lipinski definition) is 1. The minimum atomic E-state index is -1.87. The highest BCUT2D eigenvalue weighted by Gasteiger charge is 2.43. The highest BCUT2D eigenvalue weighted by atomic mass is 16.6. The summed E-state index contributed by atoms with van der Waals surface area (Å²) in [5.41, 5.74) is -3.33. The summed E-state index contributed by atoms with van der Waals surface area (Å²) in [5.74, 6) is -3.47. The van der Waals surface area contributed by atoms with E-state index in [0.717, 1.165) is 21.3 Å². The second kappa shape index (κ2) is 5.90. The lowest BCUT2D eigenvalue weighted by atomic mass is 10.1. The van der Waals surface area contributed by atoms with E-state index in [1.54, 1.807) is 0 Å². The van der Waals surface area contributed by atoms with Gasteiger partial charge in [0.1, 0.15) is 0 Å². The first-order chi connectivity index (χ1) is 9.81. The molecular weight excluding hydrogens is 292 g/mol. The molecule has 0 unspecified atom stereocenters. The van der Waals surface area contributed by atoms with Crippen molar-refractivity contribution < 1.29 is 34.0 Å². The molecule has 0 fully saturated rings. The van der Waals surface area contributed by atoms with Crippen molar-refractivity contribution in [2.24, 2.45) is 0 Å². The minimum Gasteiger partial charge on any atom is -0.489 e. The lowest BCUT2D eigenvalue weighted by Gasteiger charge is -2.14. The van der Waals surface area contributed by atoms with E-state index in [-0.39, 0.29) is 0 Å².